The van der Waals surface area contributed by atoms with E-state index in [9.17, 15) is 0 Å². The van der Waals surface area contributed by atoms with Crippen molar-refractivity contribution in [3.05, 3.63) is 17.6 Å². The molecule has 0 aromatic carbocycles. The molecule has 1 fully saturated rings. The second kappa shape index (κ2) is 7.43. The second-order valence-electron chi connectivity index (χ2n) is 5.18. The molecule has 0 amide bonds. The van der Waals surface area contributed by atoms with E-state index in [1.165, 1.54) is 6.42 Å². The molecule has 1 aromatic rings. The lowest BCUT2D eigenvalue weighted by molar-refractivity contribution is 0.110. The number of nitrogens with zero attached hydrogens (tertiary/aromatic N) is 2. The molecule has 106 valence electrons. The summed E-state index contributed by atoms with van der Waals surface area (Å²) < 4.78 is 5.68. The highest BCUT2D eigenvalue weighted by Gasteiger charge is 2.18. The molecule has 1 aliphatic rings. The van der Waals surface area contributed by atoms with Crippen molar-refractivity contribution in [1.82, 2.24) is 9.97 Å². The second-order valence-corrected chi connectivity index (χ2v) is 5.18. The average molecular weight is 263 g/mol. The summed E-state index contributed by atoms with van der Waals surface area (Å²) in [4.78, 5) is 9.28. The molecule has 4 nitrogen and oxygen atoms in total. The molecule has 2 heterocycles. The van der Waals surface area contributed by atoms with Crippen molar-refractivity contribution in [2.24, 2.45) is 0 Å². The van der Waals surface area contributed by atoms with Crippen molar-refractivity contribution < 1.29 is 4.74 Å². The Morgan fingerprint density at radius 2 is 2.21 bits per heavy atom. The highest BCUT2D eigenvalue weighted by Crippen LogP contribution is 2.17. The Hall–Kier alpha value is -1.16. The van der Waals surface area contributed by atoms with Gasteiger partial charge in [0, 0.05) is 31.3 Å². The number of hydrogen-bond acceptors (Lipinski definition) is 4. The van der Waals surface area contributed by atoms with Crippen molar-refractivity contribution in [3.8, 4) is 0 Å². The van der Waals surface area contributed by atoms with E-state index < -0.39 is 0 Å². The molecule has 0 radical (unpaired) electrons. The minimum absolute atomic E-state index is 0.316. The van der Waals surface area contributed by atoms with Crippen LogP contribution >= 0.6 is 0 Å². The smallest absolute Gasteiger partial charge is 0.133 e. The SMILES string of the molecule is CCCNc1cc(CCC)nc(CC2CCCO2)n1. The standard InChI is InChI=1S/C15H25N3O/c1-3-6-12-10-14(16-8-4-2)18-15(17-12)11-13-7-5-9-19-13/h10,13H,3-9,11H2,1-2H3,(H,16,17,18). The summed E-state index contributed by atoms with van der Waals surface area (Å²) in [5.74, 6) is 1.89. The lowest BCUT2D eigenvalue weighted by Crippen LogP contribution is -2.14. The van der Waals surface area contributed by atoms with Crippen LogP contribution in [0, 0.1) is 0 Å². The Bertz CT molecular complexity index is 389. The van der Waals surface area contributed by atoms with Crippen molar-refractivity contribution in [2.45, 2.75) is 58.5 Å². The number of aryl methyl sites for hydroxylation is 1. The fourth-order valence-electron chi connectivity index (χ4n) is 2.38. The first-order valence-electron chi connectivity index (χ1n) is 7.54. The quantitative estimate of drug-likeness (QED) is 0.821. The third-order valence-corrected chi connectivity index (χ3v) is 3.32. The third-order valence-electron chi connectivity index (χ3n) is 3.32. The maximum Gasteiger partial charge on any atom is 0.133 e. The van der Waals surface area contributed by atoms with E-state index in [0.29, 0.717) is 6.10 Å². The summed E-state index contributed by atoms with van der Waals surface area (Å²) in [5, 5.41) is 3.37. The topological polar surface area (TPSA) is 47.0 Å². The van der Waals surface area contributed by atoms with Gasteiger partial charge in [-0.05, 0) is 25.7 Å². The molecule has 4 heteroatoms. The van der Waals surface area contributed by atoms with E-state index in [-0.39, 0.29) is 0 Å². The third kappa shape index (κ3) is 4.46. The molecule has 0 bridgehead atoms. The maximum absolute atomic E-state index is 5.68. The van der Waals surface area contributed by atoms with Gasteiger partial charge in [-0.1, -0.05) is 20.3 Å². The molecule has 1 aliphatic heterocycles. The van der Waals surface area contributed by atoms with Crippen LogP contribution in [0.3, 0.4) is 0 Å². The predicted molar refractivity (Wildman–Crippen MR) is 77.5 cm³/mol. The van der Waals surface area contributed by atoms with Crippen LogP contribution in [-0.2, 0) is 17.6 Å². The van der Waals surface area contributed by atoms with E-state index in [1.54, 1.807) is 0 Å². The first-order valence-corrected chi connectivity index (χ1v) is 7.54. The minimum atomic E-state index is 0.316. The summed E-state index contributed by atoms with van der Waals surface area (Å²) in [6, 6.07) is 2.08. The Balaban J connectivity index is 2.07. The summed E-state index contributed by atoms with van der Waals surface area (Å²) >= 11 is 0. The highest BCUT2D eigenvalue weighted by atomic mass is 16.5. The van der Waals surface area contributed by atoms with Crippen LogP contribution in [0.2, 0.25) is 0 Å². The van der Waals surface area contributed by atoms with Gasteiger partial charge in [-0.3, -0.25) is 0 Å². The molecule has 2 rings (SSSR count). The van der Waals surface area contributed by atoms with Crippen molar-refractivity contribution in [1.29, 1.82) is 0 Å². The van der Waals surface area contributed by atoms with Gasteiger partial charge in [-0.25, -0.2) is 9.97 Å². The lowest BCUT2D eigenvalue weighted by Gasteiger charge is -2.12. The monoisotopic (exact) mass is 263 g/mol. The van der Waals surface area contributed by atoms with Gasteiger partial charge in [-0.2, -0.15) is 0 Å². The molecule has 0 aliphatic carbocycles. The van der Waals surface area contributed by atoms with Crippen LogP contribution in [-0.4, -0.2) is 29.2 Å². The first-order chi connectivity index (χ1) is 9.31. The van der Waals surface area contributed by atoms with Crippen LogP contribution < -0.4 is 5.32 Å². The zero-order valence-electron chi connectivity index (χ0n) is 12.1. The van der Waals surface area contributed by atoms with Crippen LogP contribution in [0.1, 0.15) is 51.0 Å². The molecule has 0 spiro atoms. The summed E-state index contributed by atoms with van der Waals surface area (Å²) in [6.45, 7) is 6.19. The number of aromatic nitrogens is 2. The van der Waals surface area contributed by atoms with Gasteiger partial charge < -0.3 is 10.1 Å². The van der Waals surface area contributed by atoms with E-state index in [4.69, 9.17) is 4.74 Å². The average Bonchev–Trinajstić information content (AvgIpc) is 2.89. The van der Waals surface area contributed by atoms with Crippen LogP contribution in [0.25, 0.3) is 0 Å². The predicted octanol–water partition coefficient (Wildman–Crippen LogP) is 2.97. The molecular weight excluding hydrogens is 238 g/mol. The summed E-state index contributed by atoms with van der Waals surface area (Å²) in [6.07, 6.45) is 6.70. The minimum Gasteiger partial charge on any atom is -0.378 e. The largest absolute Gasteiger partial charge is 0.378 e. The molecule has 1 N–H and O–H groups in total. The summed E-state index contributed by atoms with van der Waals surface area (Å²) in [5.41, 5.74) is 1.14. The Kier molecular flexibility index (Phi) is 5.58. The summed E-state index contributed by atoms with van der Waals surface area (Å²) in [7, 11) is 0. The van der Waals surface area contributed by atoms with Gasteiger partial charge in [0.2, 0.25) is 0 Å². The fraction of sp³-hybridized carbons (Fsp3) is 0.733. The first kappa shape index (κ1) is 14.3. The number of hydrogen-bond donors (Lipinski definition) is 1. The number of rotatable bonds is 7. The number of ether oxygens (including phenoxy) is 1. The van der Waals surface area contributed by atoms with Gasteiger partial charge in [-0.15, -0.1) is 0 Å². The molecule has 1 saturated heterocycles. The normalized spacial score (nSPS) is 18.7. The van der Waals surface area contributed by atoms with E-state index in [1.807, 2.05) is 0 Å². The lowest BCUT2D eigenvalue weighted by atomic mass is 10.1. The van der Waals surface area contributed by atoms with E-state index >= 15 is 0 Å². The fourth-order valence-corrected chi connectivity index (χ4v) is 2.38. The number of nitrogens with one attached hydrogen (secondary N) is 1. The zero-order valence-corrected chi connectivity index (χ0v) is 12.1. The Morgan fingerprint density at radius 1 is 1.32 bits per heavy atom. The van der Waals surface area contributed by atoms with Gasteiger partial charge in [0.15, 0.2) is 0 Å². The highest BCUT2D eigenvalue weighted by molar-refractivity contribution is 5.36. The van der Waals surface area contributed by atoms with Gasteiger partial charge in [0.25, 0.3) is 0 Å². The van der Waals surface area contributed by atoms with Crippen molar-refractivity contribution >= 4 is 5.82 Å². The van der Waals surface area contributed by atoms with Gasteiger partial charge in [0.05, 0.1) is 6.10 Å². The molecule has 0 saturated carbocycles. The molecule has 19 heavy (non-hydrogen) atoms. The molecule has 1 aromatic heterocycles. The molecule has 1 atom stereocenters. The van der Waals surface area contributed by atoms with Crippen LogP contribution in [0.5, 0.6) is 0 Å². The maximum atomic E-state index is 5.68. The number of anilines is 1. The Morgan fingerprint density at radius 3 is 2.89 bits per heavy atom. The van der Waals surface area contributed by atoms with Crippen LogP contribution in [0.4, 0.5) is 5.82 Å². The van der Waals surface area contributed by atoms with E-state index in [2.05, 4.69) is 35.2 Å². The van der Waals surface area contributed by atoms with E-state index in [0.717, 1.165) is 62.6 Å². The zero-order chi connectivity index (χ0) is 13.5. The molecule has 1 unspecified atom stereocenters. The molecular formula is C15H25N3O. The van der Waals surface area contributed by atoms with Gasteiger partial charge in [0.1, 0.15) is 11.6 Å². The van der Waals surface area contributed by atoms with Crippen LogP contribution in [0.15, 0.2) is 6.07 Å². The van der Waals surface area contributed by atoms with Crippen molar-refractivity contribution in [2.75, 3.05) is 18.5 Å². The Labute approximate surface area is 116 Å². The van der Waals surface area contributed by atoms with Gasteiger partial charge >= 0.3 is 0 Å². The van der Waals surface area contributed by atoms with Crippen molar-refractivity contribution in [3.63, 3.8) is 0 Å².